The van der Waals surface area contributed by atoms with Crippen LogP contribution in [-0.4, -0.2) is 159 Å². The minimum Gasteiger partial charge on any atom is -0.748 e. The second-order valence-corrected chi connectivity index (χ2v) is 20.8. The highest BCUT2D eigenvalue weighted by Gasteiger charge is 2.48. The van der Waals surface area contributed by atoms with Gasteiger partial charge in [-0.25, -0.2) is 25.3 Å². The Labute approximate surface area is 395 Å². The zero-order chi connectivity index (χ0) is 49.3. The number of carbonyl (C=O) groups is 1. The average Bonchev–Trinajstić information content (AvgIpc) is 3.63. The molecule has 0 radical (unpaired) electrons. The smallest absolute Gasteiger partial charge is 0.303 e. The second kappa shape index (κ2) is 25.8. The number of allylic oxidation sites excluding steroid dienone is 4. The number of fused-ring (bicyclic) bond motifs is 2. The highest BCUT2D eigenvalue weighted by Crippen LogP contribution is 2.51. The van der Waals surface area contributed by atoms with Gasteiger partial charge in [-0.3, -0.25) is 4.79 Å². The van der Waals surface area contributed by atoms with E-state index < -0.39 is 62.7 Å². The molecule has 0 fully saturated rings. The predicted molar refractivity (Wildman–Crippen MR) is 244 cm³/mol. The van der Waals surface area contributed by atoms with E-state index in [-0.39, 0.29) is 39.1 Å². The summed E-state index contributed by atoms with van der Waals surface area (Å²) in [5, 5.41) is 9.23. The monoisotopic (exact) mass is 1000 g/mol. The Balaban J connectivity index is 1.60. The number of nitrogens with zero attached hydrogens (tertiary/aromatic N) is 2. The maximum absolute atomic E-state index is 12.4. The van der Waals surface area contributed by atoms with Gasteiger partial charge in [0.25, 0.3) is 0 Å². The maximum atomic E-state index is 12.4. The molecule has 0 amide bonds. The van der Waals surface area contributed by atoms with Crippen molar-refractivity contribution in [2.45, 2.75) is 86.3 Å². The summed E-state index contributed by atoms with van der Waals surface area (Å²) in [5.41, 5.74) is 1.68. The molecule has 2 aromatic carbocycles. The van der Waals surface area contributed by atoms with Crippen LogP contribution in [0.1, 0.15) is 76.8 Å². The van der Waals surface area contributed by atoms with Crippen molar-refractivity contribution in [2.24, 2.45) is 0 Å². The number of methoxy groups -OCH3 is 1. The Kier molecular flexibility index (Phi) is 21.6. The second-order valence-electron chi connectivity index (χ2n) is 16.5. The summed E-state index contributed by atoms with van der Waals surface area (Å²) in [6.45, 7) is 10.5. The Hall–Kier alpha value is -3.65. The molecule has 2 unspecified atom stereocenters. The van der Waals surface area contributed by atoms with Crippen molar-refractivity contribution in [2.75, 3.05) is 104 Å². The van der Waals surface area contributed by atoms with Crippen molar-refractivity contribution in [3.63, 3.8) is 0 Å². The molecular formula is C45H64N2O17S3-2. The molecule has 67 heavy (non-hydrogen) atoms. The zero-order valence-electron chi connectivity index (χ0n) is 38.6. The third kappa shape index (κ3) is 16.2. The molecule has 376 valence electrons. The lowest BCUT2D eigenvalue weighted by Gasteiger charge is -2.30. The van der Waals surface area contributed by atoms with Crippen molar-refractivity contribution in [1.82, 2.24) is 0 Å². The van der Waals surface area contributed by atoms with E-state index in [1.165, 1.54) is 30.3 Å². The molecule has 0 aromatic heterocycles. The molecule has 0 bridgehead atoms. The van der Waals surface area contributed by atoms with Crippen molar-refractivity contribution in [3.05, 3.63) is 71.5 Å². The van der Waals surface area contributed by atoms with Crippen LogP contribution in [0.4, 0.5) is 11.4 Å². The lowest BCUT2D eigenvalue weighted by molar-refractivity contribution is -0.438. The number of hydrogen-bond donors (Lipinski definition) is 1. The van der Waals surface area contributed by atoms with Crippen molar-refractivity contribution in [1.29, 1.82) is 0 Å². The number of hydrogen-bond acceptors (Lipinski definition) is 17. The highest BCUT2D eigenvalue weighted by atomic mass is 32.2. The van der Waals surface area contributed by atoms with Gasteiger partial charge in [-0.15, -0.1) is 0 Å². The summed E-state index contributed by atoms with van der Waals surface area (Å²) in [6, 6.07) is 8.28. The van der Waals surface area contributed by atoms with E-state index in [1.807, 2.05) is 29.4 Å². The van der Waals surface area contributed by atoms with Crippen LogP contribution in [0.25, 0.3) is 0 Å². The SMILES string of the molecule is CCN1/C(=C/C=C/C2=[N+](CCCCCC(=O)O)c3ccc(S(=O)(=O)[O-])cc3C2(C)CCOCCOCCOCCOCCOCCOC)C(C)(CCCS(=O)(=O)[O-])c2cc(S(=O)(=O)[O-])ccc21. The minimum atomic E-state index is -4.86. The van der Waals surface area contributed by atoms with Gasteiger partial charge in [-0.1, -0.05) is 6.08 Å². The summed E-state index contributed by atoms with van der Waals surface area (Å²) in [4.78, 5) is 12.3. The standard InChI is InChI=1S/C45H66N2O17S3/c1-5-46-39-16-14-35(66(53,54)55)33-37(39)44(2,18-10-32-65(50,51)52)41(46)11-9-12-42-45(3,19-21-60-24-25-62-28-29-64-31-30-63-27-26-61-23-22-59-4)38-34-36(67(56,57)58)15-17-40(38)47(42)20-8-6-7-13-43(48)49/h9,11-12,14-17,33-34H,5-8,10,13,18-32H2,1-4H3,(H3-,48,49,50,51,52,53,54,55,56,57,58)/p-2. The molecule has 0 aliphatic carbocycles. The van der Waals surface area contributed by atoms with Crippen LogP contribution in [0.2, 0.25) is 0 Å². The Morgan fingerprint density at radius 1 is 0.701 bits per heavy atom. The molecule has 4 rings (SSSR count). The minimum absolute atomic E-state index is 0.00328. The number of benzene rings is 2. The van der Waals surface area contributed by atoms with E-state index in [2.05, 4.69) is 0 Å². The molecule has 22 heteroatoms. The third-order valence-corrected chi connectivity index (χ3v) is 14.3. The van der Waals surface area contributed by atoms with Gasteiger partial charge in [0.05, 0.1) is 91.4 Å². The zero-order valence-corrected chi connectivity index (χ0v) is 41.1. The molecule has 2 atom stereocenters. The fraction of sp³-hybridized carbons (Fsp3) is 0.600. The van der Waals surface area contributed by atoms with E-state index in [4.69, 9.17) is 28.4 Å². The quantitative estimate of drug-likeness (QED) is 0.0597. The number of anilines is 1. The van der Waals surface area contributed by atoms with Crippen LogP contribution in [0.5, 0.6) is 0 Å². The Bertz CT molecular complexity index is 2400. The molecule has 2 aromatic rings. The van der Waals surface area contributed by atoms with Crippen LogP contribution in [0, 0.1) is 0 Å². The summed E-state index contributed by atoms with van der Waals surface area (Å²) >= 11 is 0. The molecular weight excluding hydrogens is 937 g/mol. The molecule has 0 saturated heterocycles. The van der Waals surface area contributed by atoms with Crippen molar-refractivity contribution in [3.8, 4) is 0 Å². The van der Waals surface area contributed by atoms with Gasteiger partial charge < -0.3 is 52.1 Å². The number of carboxylic acids is 1. The van der Waals surface area contributed by atoms with Crippen LogP contribution in [0.15, 0.2) is 70.1 Å². The van der Waals surface area contributed by atoms with Gasteiger partial charge in [0.1, 0.15) is 26.8 Å². The van der Waals surface area contributed by atoms with Gasteiger partial charge in [-0.2, -0.15) is 4.58 Å². The first-order chi connectivity index (χ1) is 31.7. The van der Waals surface area contributed by atoms with Gasteiger partial charge >= 0.3 is 5.97 Å². The molecule has 2 aliphatic heterocycles. The molecule has 0 spiro atoms. The van der Waals surface area contributed by atoms with Gasteiger partial charge in [0, 0.05) is 73.4 Å². The molecule has 2 aliphatic rings. The first kappa shape index (κ1) is 55.9. The molecule has 0 saturated carbocycles. The fourth-order valence-corrected chi connectivity index (χ4v) is 9.93. The topological polar surface area (TPSA) is 271 Å². The highest BCUT2D eigenvalue weighted by molar-refractivity contribution is 7.86. The summed E-state index contributed by atoms with van der Waals surface area (Å²) in [6.07, 6.45) is 7.42. The number of ether oxygens (including phenoxy) is 6. The van der Waals surface area contributed by atoms with Crippen LogP contribution in [-0.2, 0) is 74.4 Å². The normalized spacial score (nSPS) is 19.3. The largest absolute Gasteiger partial charge is 0.748 e. The van der Waals surface area contributed by atoms with Gasteiger partial charge in [0.2, 0.25) is 5.69 Å². The van der Waals surface area contributed by atoms with Crippen molar-refractivity contribution >= 4 is 53.4 Å². The van der Waals surface area contributed by atoms with E-state index >= 15 is 0 Å². The molecule has 2 heterocycles. The first-order valence-electron chi connectivity index (χ1n) is 22.2. The van der Waals surface area contributed by atoms with E-state index in [0.717, 1.165) is 5.71 Å². The Morgan fingerprint density at radius 3 is 1.76 bits per heavy atom. The number of unbranched alkanes of at least 4 members (excludes halogenated alkanes) is 2. The van der Waals surface area contributed by atoms with Crippen molar-refractivity contribution < 1.29 is 81.8 Å². The summed E-state index contributed by atoms with van der Waals surface area (Å²) in [5.74, 6) is -1.57. The molecule has 1 N–H and O–H groups in total. The van der Waals surface area contributed by atoms with Crippen LogP contribution >= 0.6 is 0 Å². The molecule has 19 nitrogen and oxygen atoms in total. The Morgan fingerprint density at radius 2 is 1.24 bits per heavy atom. The van der Waals surface area contributed by atoms with Gasteiger partial charge in [-0.05, 0) is 94.8 Å². The van der Waals surface area contributed by atoms with Gasteiger partial charge in [0.15, 0.2) is 5.71 Å². The van der Waals surface area contributed by atoms with Crippen LogP contribution in [0.3, 0.4) is 0 Å². The number of aliphatic carboxylic acids is 1. The lowest BCUT2D eigenvalue weighted by Crippen LogP contribution is -2.33. The third-order valence-electron chi connectivity index (χ3n) is 11.8. The summed E-state index contributed by atoms with van der Waals surface area (Å²) in [7, 11) is -12.7. The first-order valence-corrected chi connectivity index (χ1v) is 26.6. The summed E-state index contributed by atoms with van der Waals surface area (Å²) < 4.78 is 144. The van der Waals surface area contributed by atoms with E-state index in [0.29, 0.717) is 120 Å². The van der Waals surface area contributed by atoms with Crippen LogP contribution < -0.4 is 4.90 Å². The number of rotatable bonds is 33. The lowest BCUT2D eigenvalue weighted by atomic mass is 9.76. The number of carboxylic acid groups (broad SMARTS) is 1. The van der Waals surface area contributed by atoms with E-state index in [9.17, 15) is 48.8 Å². The maximum Gasteiger partial charge on any atom is 0.303 e. The number of likely N-dealkylation sites (N-methyl/N-ethyl adjacent to an activating group) is 1. The predicted octanol–water partition coefficient (Wildman–Crippen LogP) is 4.18. The average molecular weight is 1000 g/mol. The van der Waals surface area contributed by atoms with E-state index in [1.54, 1.807) is 32.3 Å². The fourth-order valence-electron chi connectivity index (χ4n) is 8.44.